The van der Waals surface area contributed by atoms with Gasteiger partial charge in [0.15, 0.2) is 0 Å². The number of thioether (sulfide) groups is 2. The number of nitrogens with one attached hydrogen (secondary N) is 1. The highest BCUT2D eigenvalue weighted by Gasteiger charge is 2.34. The number of carbonyl (C=O) groups excluding carboxylic acids is 3. The third-order valence-corrected chi connectivity index (χ3v) is 6.09. The van der Waals surface area contributed by atoms with Gasteiger partial charge in [-0.25, -0.2) is 0 Å². The van der Waals surface area contributed by atoms with Crippen LogP contribution < -0.4 is 10.1 Å². The topological polar surface area (TPSA) is 75.7 Å². The quantitative estimate of drug-likeness (QED) is 0.495. The number of hydrogen-bond acceptors (Lipinski definition) is 6. The molecule has 0 atom stereocenters. The fourth-order valence-corrected chi connectivity index (χ4v) is 4.16. The van der Waals surface area contributed by atoms with E-state index in [1.54, 1.807) is 31.0 Å². The van der Waals surface area contributed by atoms with E-state index in [2.05, 4.69) is 5.32 Å². The van der Waals surface area contributed by atoms with Crippen LogP contribution in [0.15, 0.2) is 58.3 Å². The predicted molar refractivity (Wildman–Crippen MR) is 121 cm³/mol. The lowest BCUT2D eigenvalue weighted by molar-refractivity contribution is -0.124. The predicted octanol–water partition coefficient (Wildman–Crippen LogP) is 3.81. The smallest absolute Gasteiger partial charge is 0.293 e. The SMILES string of the molecule is COc1cccc(CC(=O)NCCN2C(=O)S/C(=C\c3ccc(SC)cc3)C2=O)c1. The van der Waals surface area contributed by atoms with E-state index < -0.39 is 0 Å². The number of hydrogen-bond donors (Lipinski definition) is 1. The lowest BCUT2D eigenvalue weighted by atomic mass is 10.1. The summed E-state index contributed by atoms with van der Waals surface area (Å²) in [5, 5.41) is 2.43. The lowest BCUT2D eigenvalue weighted by Crippen LogP contribution is -2.37. The first-order valence-electron chi connectivity index (χ1n) is 9.29. The van der Waals surface area contributed by atoms with Crippen molar-refractivity contribution in [2.24, 2.45) is 0 Å². The number of nitrogens with zero attached hydrogens (tertiary/aromatic N) is 1. The molecule has 6 nitrogen and oxygen atoms in total. The van der Waals surface area contributed by atoms with Crippen molar-refractivity contribution in [1.82, 2.24) is 10.2 Å². The standard InChI is InChI=1S/C22H22N2O4S2/c1-28-17-5-3-4-16(12-17)14-20(25)23-10-11-24-21(26)19(30-22(24)27)13-15-6-8-18(29-2)9-7-15/h3-9,12-13H,10-11,14H2,1-2H3,(H,23,25)/b19-13-. The molecule has 1 aliphatic rings. The molecule has 0 unspecified atom stereocenters. The number of amides is 3. The van der Waals surface area contributed by atoms with Gasteiger partial charge in [0.05, 0.1) is 18.4 Å². The molecule has 1 heterocycles. The van der Waals surface area contributed by atoms with E-state index in [4.69, 9.17) is 4.74 Å². The zero-order valence-electron chi connectivity index (χ0n) is 16.7. The van der Waals surface area contributed by atoms with Crippen LogP contribution in [0.5, 0.6) is 5.75 Å². The van der Waals surface area contributed by atoms with E-state index in [0.717, 1.165) is 27.8 Å². The second-order valence-electron chi connectivity index (χ2n) is 6.48. The summed E-state index contributed by atoms with van der Waals surface area (Å²) in [5.41, 5.74) is 1.69. The fraction of sp³-hybridized carbons (Fsp3) is 0.227. The molecule has 0 aromatic heterocycles. The summed E-state index contributed by atoms with van der Waals surface area (Å²) in [6.45, 7) is 0.341. The van der Waals surface area contributed by atoms with Crippen molar-refractivity contribution in [2.75, 3.05) is 26.5 Å². The molecule has 30 heavy (non-hydrogen) atoms. The fourth-order valence-electron chi connectivity index (χ4n) is 2.88. The van der Waals surface area contributed by atoms with Crippen LogP contribution in [0.2, 0.25) is 0 Å². The van der Waals surface area contributed by atoms with Crippen molar-refractivity contribution >= 4 is 46.7 Å². The minimum Gasteiger partial charge on any atom is -0.497 e. The second kappa shape index (κ2) is 10.4. The third-order valence-electron chi connectivity index (χ3n) is 4.44. The molecule has 8 heteroatoms. The number of rotatable bonds is 8. The minimum atomic E-state index is -0.332. The summed E-state index contributed by atoms with van der Waals surface area (Å²) >= 11 is 2.56. The number of ether oxygens (including phenoxy) is 1. The summed E-state index contributed by atoms with van der Waals surface area (Å²) in [6, 6.07) is 15.0. The summed E-state index contributed by atoms with van der Waals surface area (Å²) in [7, 11) is 1.57. The molecule has 0 spiro atoms. The molecule has 0 radical (unpaired) electrons. The normalized spacial score (nSPS) is 15.0. The molecule has 2 aromatic carbocycles. The van der Waals surface area contributed by atoms with Crippen molar-refractivity contribution in [3.8, 4) is 5.75 Å². The molecule has 1 N–H and O–H groups in total. The van der Waals surface area contributed by atoms with Crippen LogP contribution in [0.1, 0.15) is 11.1 Å². The summed E-state index contributed by atoms with van der Waals surface area (Å²) < 4.78 is 5.15. The van der Waals surface area contributed by atoms with Gasteiger partial charge >= 0.3 is 0 Å². The van der Waals surface area contributed by atoms with Gasteiger partial charge in [0.2, 0.25) is 5.91 Å². The summed E-state index contributed by atoms with van der Waals surface area (Å²) in [5.74, 6) is 0.175. The molecule has 3 rings (SSSR count). The molecule has 0 aliphatic carbocycles. The van der Waals surface area contributed by atoms with Gasteiger partial charge in [-0.1, -0.05) is 24.3 Å². The minimum absolute atomic E-state index is 0.136. The number of methoxy groups -OCH3 is 1. The highest BCUT2D eigenvalue weighted by atomic mass is 32.2. The van der Waals surface area contributed by atoms with Crippen LogP contribution in [0.25, 0.3) is 6.08 Å². The van der Waals surface area contributed by atoms with Gasteiger partial charge in [-0.15, -0.1) is 11.8 Å². The van der Waals surface area contributed by atoms with Gasteiger partial charge < -0.3 is 10.1 Å². The van der Waals surface area contributed by atoms with E-state index in [0.29, 0.717) is 10.7 Å². The maximum atomic E-state index is 12.6. The van der Waals surface area contributed by atoms with Crippen LogP contribution >= 0.6 is 23.5 Å². The Bertz CT molecular complexity index is 973. The van der Waals surface area contributed by atoms with Crippen molar-refractivity contribution in [3.63, 3.8) is 0 Å². The van der Waals surface area contributed by atoms with Crippen molar-refractivity contribution in [3.05, 3.63) is 64.6 Å². The molecular weight excluding hydrogens is 420 g/mol. The number of carbonyl (C=O) groups is 3. The average Bonchev–Trinajstić information content (AvgIpc) is 3.01. The van der Waals surface area contributed by atoms with Gasteiger partial charge in [-0.2, -0.15) is 0 Å². The van der Waals surface area contributed by atoms with Crippen molar-refractivity contribution < 1.29 is 19.1 Å². The molecule has 2 aromatic rings. The Hall–Kier alpha value is -2.71. The van der Waals surface area contributed by atoms with Crippen molar-refractivity contribution in [2.45, 2.75) is 11.3 Å². The van der Waals surface area contributed by atoms with Crippen LogP contribution in [-0.2, 0) is 16.0 Å². The van der Waals surface area contributed by atoms with E-state index >= 15 is 0 Å². The van der Waals surface area contributed by atoms with E-state index in [9.17, 15) is 14.4 Å². The maximum Gasteiger partial charge on any atom is 0.293 e. The van der Waals surface area contributed by atoms with Crippen LogP contribution in [-0.4, -0.2) is 48.4 Å². The van der Waals surface area contributed by atoms with Crippen LogP contribution in [0.3, 0.4) is 0 Å². The van der Waals surface area contributed by atoms with E-state index in [-0.39, 0.29) is 36.6 Å². The molecule has 1 aliphatic heterocycles. The number of benzene rings is 2. The Labute approximate surface area is 184 Å². The van der Waals surface area contributed by atoms with Crippen LogP contribution in [0.4, 0.5) is 4.79 Å². The molecule has 0 bridgehead atoms. The van der Waals surface area contributed by atoms with E-state index in [1.165, 1.54) is 4.90 Å². The summed E-state index contributed by atoms with van der Waals surface area (Å²) in [6.07, 6.45) is 3.91. The first-order chi connectivity index (χ1) is 14.5. The first-order valence-corrected chi connectivity index (χ1v) is 11.3. The Kier molecular flexibility index (Phi) is 7.59. The summed E-state index contributed by atoms with van der Waals surface area (Å²) in [4.78, 5) is 39.6. The third kappa shape index (κ3) is 5.67. The Morgan fingerprint density at radius 1 is 1.20 bits per heavy atom. The Morgan fingerprint density at radius 3 is 2.67 bits per heavy atom. The molecular formula is C22H22N2O4S2. The van der Waals surface area contributed by atoms with Gasteiger partial charge in [0.25, 0.3) is 11.1 Å². The average molecular weight is 443 g/mol. The molecule has 1 saturated heterocycles. The molecule has 3 amide bonds. The monoisotopic (exact) mass is 442 g/mol. The molecule has 0 saturated carbocycles. The van der Waals surface area contributed by atoms with Crippen LogP contribution in [0, 0.1) is 0 Å². The van der Waals surface area contributed by atoms with Gasteiger partial charge in [-0.05, 0) is 59.5 Å². The Morgan fingerprint density at radius 2 is 1.97 bits per heavy atom. The number of imide groups is 1. The highest BCUT2D eigenvalue weighted by molar-refractivity contribution is 8.18. The maximum absolute atomic E-state index is 12.6. The molecule has 1 fully saturated rings. The lowest BCUT2D eigenvalue weighted by Gasteiger charge is -2.13. The first kappa shape index (κ1) is 22.0. The second-order valence-corrected chi connectivity index (χ2v) is 8.36. The van der Waals surface area contributed by atoms with Gasteiger partial charge in [0.1, 0.15) is 5.75 Å². The van der Waals surface area contributed by atoms with Gasteiger partial charge in [-0.3, -0.25) is 19.3 Å². The van der Waals surface area contributed by atoms with Crippen molar-refractivity contribution in [1.29, 1.82) is 0 Å². The Balaban J connectivity index is 1.52. The zero-order chi connectivity index (χ0) is 21.5. The largest absolute Gasteiger partial charge is 0.497 e. The van der Waals surface area contributed by atoms with Gasteiger partial charge in [0, 0.05) is 18.0 Å². The van der Waals surface area contributed by atoms with E-state index in [1.807, 2.05) is 48.7 Å². The zero-order valence-corrected chi connectivity index (χ0v) is 18.3. The highest BCUT2D eigenvalue weighted by Crippen LogP contribution is 2.32. The molecule has 156 valence electrons.